The zero-order chi connectivity index (χ0) is 16.7. The van der Waals surface area contributed by atoms with Crippen molar-refractivity contribution < 1.29 is 18.0 Å². The Labute approximate surface area is 130 Å². The number of hydrogen-bond donors (Lipinski definition) is 2. The zero-order valence-corrected chi connectivity index (χ0v) is 11.8. The van der Waals surface area contributed by atoms with E-state index in [-0.39, 0.29) is 6.54 Å². The van der Waals surface area contributed by atoms with Crippen molar-refractivity contribution in [2.24, 2.45) is 5.10 Å². The number of carbonyl (C=O) groups is 1. The SMILES string of the molecule is O=C(CNc1ccc(C(F)(F)F)cc1)NN=Cc1ccncc1. The van der Waals surface area contributed by atoms with Crippen LogP contribution >= 0.6 is 0 Å². The van der Waals surface area contributed by atoms with Gasteiger partial charge in [0.25, 0.3) is 5.91 Å². The van der Waals surface area contributed by atoms with E-state index in [1.54, 1.807) is 24.5 Å². The number of amides is 1. The minimum absolute atomic E-state index is 0.112. The molecule has 2 aromatic rings. The van der Waals surface area contributed by atoms with Crippen LogP contribution < -0.4 is 10.7 Å². The third-order valence-corrected chi connectivity index (χ3v) is 2.77. The van der Waals surface area contributed by atoms with Gasteiger partial charge in [0.05, 0.1) is 18.3 Å². The zero-order valence-electron chi connectivity index (χ0n) is 11.8. The Bertz CT molecular complexity index is 669. The van der Waals surface area contributed by atoms with Crippen LogP contribution in [0.3, 0.4) is 0 Å². The van der Waals surface area contributed by atoms with E-state index in [9.17, 15) is 18.0 Å². The molecule has 1 amide bonds. The lowest BCUT2D eigenvalue weighted by Gasteiger charge is -2.08. The van der Waals surface area contributed by atoms with Crippen LogP contribution in [0.25, 0.3) is 0 Å². The number of nitrogens with one attached hydrogen (secondary N) is 2. The van der Waals surface area contributed by atoms with Crippen molar-refractivity contribution in [3.05, 3.63) is 59.9 Å². The number of rotatable bonds is 5. The summed E-state index contributed by atoms with van der Waals surface area (Å²) in [5.41, 5.74) is 2.75. The first-order chi connectivity index (χ1) is 10.9. The van der Waals surface area contributed by atoms with Crippen molar-refractivity contribution in [2.45, 2.75) is 6.18 Å². The first kappa shape index (κ1) is 16.5. The Morgan fingerprint density at radius 3 is 2.39 bits per heavy atom. The molecule has 1 aromatic heterocycles. The Kier molecular flexibility index (Phi) is 5.29. The summed E-state index contributed by atoms with van der Waals surface area (Å²) in [5, 5.41) is 6.47. The first-order valence-corrected chi connectivity index (χ1v) is 6.58. The monoisotopic (exact) mass is 322 g/mol. The van der Waals surface area contributed by atoms with E-state index in [1.807, 2.05) is 0 Å². The molecule has 0 aliphatic heterocycles. The van der Waals surface area contributed by atoms with Crippen LogP contribution in [-0.4, -0.2) is 23.7 Å². The number of hydrogen-bond acceptors (Lipinski definition) is 4. The molecule has 0 aliphatic carbocycles. The van der Waals surface area contributed by atoms with Gasteiger partial charge in [0, 0.05) is 18.1 Å². The maximum absolute atomic E-state index is 12.4. The predicted octanol–water partition coefficient (Wildman–Crippen LogP) is 2.66. The standard InChI is InChI=1S/C15H13F3N4O/c16-15(17,18)12-1-3-13(4-2-12)20-10-14(23)22-21-9-11-5-7-19-8-6-11/h1-9,20H,10H2,(H,22,23). The second-order valence-electron chi connectivity index (χ2n) is 4.50. The summed E-state index contributed by atoms with van der Waals surface area (Å²) >= 11 is 0. The Morgan fingerprint density at radius 2 is 1.78 bits per heavy atom. The van der Waals surface area contributed by atoms with Gasteiger partial charge in [-0.2, -0.15) is 18.3 Å². The molecular formula is C15H13F3N4O. The fourth-order valence-electron chi connectivity index (χ4n) is 1.63. The normalized spacial score (nSPS) is 11.4. The second-order valence-corrected chi connectivity index (χ2v) is 4.50. The lowest BCUT2D eigenvalue weighted by Crippen LogP contribution is -2.25. The van der Waals surface area contributed by atoms with Gasteiger partial charge >= 0.3 is 6.18 Å². The van der Waals surface area contributed by atoms with Gasteiger partial charge in [0.1, 0.15) is 0 Å². The molecule has 2 N–H and O–H groups in total. The van der Waals surface area contributed by atoms with Crippen LogP contribution in [0.2, 0.25) is 0 Å². The lowest BCUT2D eigenvalue weighted by molar-refractivity contribution is -0.137. The van der Waals surface area contributed by atoms with Crippen LogP contribution in [0.4, 0.5) is 18.9 Å². The molecular weight excluding hydrogens is 309 g/mol. The molecule has 0 aliphatic rings. The molecule has 0 unspecified atom stereocenters. The third kappa shape index (κ3) is 5.42. The Morgan fingerprint density at radius 1 is 1.13 bits per heavy atom. The number of benzene rings is 1. The summed E-state index contributed by atoms with van der Waals surface area (Å²) in [6.45, 7) is -0.112. The van der Waals surface area contributed by atoms with Gasteiger partial charge in [-0.1, -0.05) is 0 Å². The van der Waals surface area contributed by atoms with E-state index >= 15 is 0 Å². The number of carbonyl (C=O) groups excluding carboxylic acids is 1. The summed E-state index contributed by atoms with van der Waals surface area (Å²) < 4.78 is 37.2. The average molecular weight is 322 g/mol. The topological polar surface area (TPSA) is 66.4 Å². The van der Waals surface area contributed by atoms with Crippen molar-refractivity contribution in [1.29, 1.82) is 0 Å². The molecule has 0 spiro atoms. The maximum Gasteiger partial charge on any atom is 0.416 e. The molecule has 2 rings (SSSR count). The van der Waals surface area contributed by atoms with Crippen molar-refractivity contribution in [1.82, 2.24) is 10.4 Å². The highest BCUT2D eigenvalue weighted by atomic mass is 19.4. The smallest absolute Gasteiger partial charge is 0.376 e. The molecule has 5 nitrogen and oxygen atoms in total. The highest BCUT2D eigenvalue weighted by molar-refractivity contribution is 5.84. The van der Waals surface area contributed by atoms with Crippen molar-refractivity contribution in [3.8, 4) is 0 Å². The molecule has 0 saturated carbocycles. The summed E-state index contributed by atoms with van der Waals surface area (Å²) in [4.78, 5) is 15.4. The van der Waals surface area contributed by atoms with Crippen LogP contribution in [0.5, 0.6) is 0 Å². The van der Waals surface area contributed by atoms with E-state index < -0.39 is 17.6 Å². The molecule has 0 atom stereocenters. The molecule has 8 heteroatoms. The van der Waals surface area contributed by atoms with E-state index in [2.05, 4.69) is 20.8 Å². The highest BCUT2D eigenvalue weighted by Gasteiger charge is 2.29. The van der Waals surface area contributed by atoms with E-state index in [0.717, 1.165) is 17.7 Å². The number of aromatic nitrogens is 1. The van der Waals surface area contributed by atoms with E-state index in [1.165, 1.54) is 18.3 Å². The number of hydrazone groups is 1. The van der Waals surface area contributed by atoms with Crippen LogP contribution in [-0.2, 0) is 11.0 Å². The number of alkyl halides is 3. The molecule has 23 heavy (non-hydrogen) atoms. The van der Waals surface area contributed by atoms with Gasteiger partial charge in [-0.15, -0.1) is 0 Å². The summed E-state index contributed by atoms with van der Waals surface area (Å²) in [6.07, 6.45) is 0.264. The minimum Gasteiger partial charge on any atom is -0.376 e. The van der Waals surface area contributed by atoms with E-state index in [4.69, 9.17) is 0 Å². The molecule has 1 aromatic carbocycles. The average Bonchev–Trinajstić information content (AvgIpc) is 2.53. The number of pyridine rings is 1. The Hall–Kier alpha value is -2.90. The van der Waals surface area contributed by atoms with Gasteiger partial charge in [0.15, 0.2) is 0 Å². The molecule has 1 heterocycles. The van der Waals surface area contributed by atoms with E-state index in [0.29, 0.717) is 5.69 Å². The maximum atomic E-state index is 12.4. The number of anilines is 1. The molecule has 0 fully saturated rings. The third-order valence-electron chi connectivity index (χ3n) is 2.77. The van der Waals surface area contributed by atoms with Crippen LogP contribution in [0.1, 0.15) is 11.1 Å². The second kappa shape index (κ2) is 7.39. The summed E-state index contributed by atoms with van der Waals surface area (Å²) in [6, 6.07) is 7.85. The molecule has 0 radical (unpaired) electrons. The van der Waals surface area contributed by atoms with Gasteiger partial charge < -0.3 is 5.32 Å². The van der Waals surface area contributed by atoms with Gasteiger partial charge in [-0.05, 0) is 42.0 Å². The van der Waals surface area contributed by atoms with Gasteiger partial charge in [0.2, 0.25) is 0 Å². The fraction of sp³-hybridized carbons (Fsp3) is 0.133. The van der Waals surface area contributed by atoms with Crippen molar-refractivity contribution in [2.75, 3.05) is 11.9 Å². The highest BCUT2D eigenvalue weighted by Crippen LogP contribution is 2.29. The minimum atomic E-state index is -4.38. The van der Waals surface area contributed by atoms with Crippen LogP contribution in [0.15, 0.2) is 53.9 Å². The Balaban J connectivity index is 1.79. The number of halogens is 3. The van der Waals surface area contributed by atoms with Crippen LogP contribution in [0, 0.1) is 0 Å². The fourth-order valence-corrected chi connectivity index (χ4v) is 1.63. The van der Waals surface area contributed by atoms with Gasteiger partial charge in [-0.3, -0.25) is 9.78 Å². The predicted molar refractivity (Wildman–Crippen MR) is 79.9 cm³/mol. The van der Waals surface area contributed by atoms with Crippen molar-refractivity contribution in [3.63, 3.8) is 0 Å². The summed E-state index contributed by atoms with van der Waals surface area (Å²) in [7, 11) is 0. The first-order valence-electron chi connectivity index (χ1n) is 6.58. The largest absolute Gasteiger partial charge is 0.416 e. The molecule has 0 saturated heterocycles. The molecule has 120 valence electrons. The van der Waals surface area contributed by atoms with Crippen molar-refractivity contribution >= 4 is 17.8 Å². The quantitative estimate of drug-likeness (QED) is 0.657. The lowest BCUT2D eigenvalue weighted by atomic mass is 10.2. The summed E-state index contributed by atoms with van der Waals surface area (Å²) in [5.74, 6) is -0.421. The number of nitrogens with zero attached hydrogens (tertiary/aromatic N) is 2. The van der Waals surface area contributed by atoms with Gasteiger partial charge in [-0.25, -0.2) is 5.43 Å². The molecule has 0 bridgehead atoms.